The van der Waals surface area contributed by atoms with Gasteiger partial charge in [-0.25, -0.2) is 10.4 Å². The Bertz CT molecular complexity index is 262. The Morgan fingerprint density at radius 3 is 2.17 bits per heavy atom. The maximum Gasteiger partial charge on any atom is 0.0867 e. The minimum Gasteiger partial charge on any atom is -0.309 e. The highest BCUT2D eigenvalue weighted by Crippen LogP contribution is 2.27. The summed E-state index contributed by atoms with van der Waals surface area (Å²) in [5.41, 5.74) is -0.129. The first-order chi connectivity index (χ1) is 7.87. The fourth-order valence-corrected chi connectivity index (χ4v) is 1.89. The van der Waals surface area contributed by atoms with Crippen LogP contribution in [-0.4, -0.2) is 62.1 Å². The Hall–Kier alpha value is -0.410. The Labute approximate surface area is 118 Å². The van der Waals surface area contributed by atoms with Gasteiger partial charge in [-0.05, 0) is 60.9 Å². The van der Waals surface area contributed by atoms with E-state index in [-0.39, 0.29) is 17.9 Å². The maximum atomic E-state index is 7.16. The minimum atomic E-state index is -0.129. The zero-order valence-corrected chi connectivity index (χ0v) is 13.5. The van der Waals surface area contributed by atoms with Gasteiger partial charge in [0.2, 0.25) is 0 Å². The molecule has 0 aliphatic rings. The molecule has 0 spiro atoms. The second kappa shape index (κ2) is 9.51. The standard InChI is InChI=1S/C13H28N4.ClH/c1-7-13(15-11-14,8-9-16(3)4)10-12(2)17(5)6;/h12,14H,7-10H2,1-6H3;1H. The van der Waals surface area contributed by atoms with Crippen molar-refractivity contribution in [2.24, 2.45) is 4.99 Å². The summed E-state index contributed by atoms with van der Waals surface area (Å²) in [5, 5.41) is 7.16. The first kappa shape index (κ1) is 19.9. The van der Waals surface area contributed by atoms with Crippen LogP contribution in [0.5, 0.6) is 0 Å². The lowest BCUT2D eigenvalue weighted by Gasteiger charge is -2.33. The van der Waals surface area contributed by atoms with Crippen LogP contribution in [0.25, 0.3) is 0 Å². The Morgan fingerprint density at radius 1 is 1.28 bits per heavy atom. The monoisotopic (exact) mass is 276 g/mol. The highest BCUT2D eigenvalue weighted by atomic mass is 35.5. The van der Waals surface area contributed by atoms with E-state index in [2.05, 4.69) is 62.8 Å². The Kier molecular flexibility index (Phi) is 10.5. The van der Waals surface area contributed by atoms with Crippen LogP contribution in [0.3, 0.4) is 0 Å². The zero-order chi connectivity index (χ0) is 13.5. The Morgan fingerprint density at radius 2 is 1.83 bits per heavy atom. The van der Waals surface area contributed by atoms with Gasteiger partial charge in [-0.3, -0.25) is 0 Å². The number of rotatable bonds is 8. The van der Waals surface area contributed by atoms with Gasteiger partial charge < -0.3 is 9.80 Å². The van der Waals surface area contributed by atoms with Crippen molar-refractivity contribution in [3.05, 3.63) is 0 Å². The molecule has 4 nitrogen and oxygen atoms in total. The van der Waals surface area contributed by atoms with Crippen molar-refractivity contribution in [3.8, 4) is 0 Å². The third kappa shape index (κ3) is 7.12. The van der Waals surface area contributed by atoms with Crippen molar-refractivity contribution in [2.45, 2.75) is 44.7 Å². The number of hydrogen-bond acceptors (Lipinski definition) is 4. The van der Waals surface area contributed by atoms with Crippen molar-refractivity contribution < 1.29 is 0 Å². The molecule has 0 aliphatic heterocycles. The normalized spacial score (nSPS) is 15.8. The molecule has 0 aromatic carbocycles. The van der Waals surface area contributed by atoms with E-state index in [9.17, 15) is 0 Å². The fraction of sp³-hybridized carbons (Fsp3) is 0.923. The molecule has 0 radical (unpaired) electrons. The summed E-state index contributed by atoms with van der Waals surface area (Å²) in [6.45, 7) is 5.36. The van der Waals surface area contributed by atoms with Crippen LogP contribution in [-0.2, 0) is 0 Å². The summed E-state index contributed by atoms with van der Waals surface area (Å²) in [7, 11) is 8.32. The average Bonchev–Trinajstić information content (AvgIpc) is 2.26. The molecule has 0 heterocycles. The molecule has 0 saturated heterocycles. The first-order valence-electron chi connectivity index (χ1n) is 6.31. The van der Waals surface area contributed by atoms with Gasteiger partial charge in [0, 0.05) is 6.04 Å². The second-order valence-electron chi connectivity index (χ2n) is 5.37. The average molecular weight is 277 g/mol. The number of nitrogens with one attached hydrogen (secondary N) is 1. The van der Waals surface area contributed by atoms with Crippen LogP contribution in [0, 0.1) is 5.41 Å². The second-order valence-corrected chi connectivity index (χ2v) is 5.37. The minimum absolute atomic E-state index is 0. The number of hydrogen-bond donors (Lipinski definition) is 1. The van der Waals surface area contributed by atoms with Crippen molar-refractivity contribution >= 4 is 18.4 Å². The molecule has 18 heavy (non-hydrogen) atoms. The molecular formula is C13H29ClN4. The van der Waals surface area contributed by atoms with E-state index in [0.717, 1.165) is 25.8 Å². The van der Waals surface area contributed by atoms with Crippen LogP contribution < -0.4 is 0 Å². The molecule has 0 aromatic rings. The predicted molar refractivity (Wildman–Crippen MR) is 81.4 cm³/mol. The van der Waals surface area contributed by atoms with Gasteiger partial charge >= 0.3 is 0 Å². The van der Waals surface area contributed by atoms with Gasteiger partial charge in [0.25, 0.3) is 0 Å². The highest BCUT2D eigenvalue weighted by molar-refractivity contribution is 5.85. The SMILES string of the molecule is CCC(CCN(C)C)(CC(C)N(C)C)N=C=N.Cl. The van der Waals surface area contributed by atoms with Crippen LogP contribution >= 0.6 is 12.4 Å². The lowest BCUT2D eigenvalue weighted by Crippen LogP contribution is -2.38. The van der Waals surface area contributed by atoms with Crippen molar-refractivity contribution in [1.29, 1.82) is 5.41 Å². The van der Waals surface area contributed by atoms with E-state index in [4.69, 9.17) is 5.41 Å². The first-order valence-corrected chi connectivity index (χ1v) is 6.31. The van der Waals surface area contributed by atoms with Gasteiger partial charge in [0.15, 0.2) is 0 Å². The molecule has 0 aromatic heterocycles. The summed E-state index contributed by atoms with van der Waals surface area (Å²) in [4.78, 5) is 8.71. The third-order valence-electron chi connectivity index (χ3n) is 3.53. The maximum absolute atomic E-state index is 7.16. The molecular weight excluding hydrogens is 248 g/mol. The zero-order valence-electron chi connectivity index (χ0n) is 12.7. The number of halogens is 1. The molecule has 0 amide bonds. The molecule has 0 rings (SSSR count). The molecule has 108 valence electrons. The van der Waals surface area contributed by atoms with E-state index in [1.807, 2.05) is 0 Å². The van der Waals surface area contributed by atoms with Crippen molar-refractivity contribution in [3.63, 3.8) is 0 Å². The lowest BCUT2D eigenvalue weighted by atomic mass is 9.85. The van der Waals surface area contributed by atoms with Crippen LogP contribution in [0.1, 0.15) is 33.1 Å². The van der Waals surface area contributed by atoms with E-state index < -0.39 is 0 Å². The van der Waals surface area contributed by atoms with Gasteiger partial charge in [-0.2, -0.15) is 0 Å². The van der Waals surface area contributed by atoms with Crippen LogP contribution in [0.15, 0.2) is 4.99 Å². The largest absolute Gasteiger partial charge is 0.309 e. The summed E-state index contributed by atoms with van der Waals surface area (Å²) in [5.74, 6) is 0. The molecule has 1 N–H and O–H groups in total. The smallest absolute Gasteiger partial charge is 0.0867 e. The van der Waals surface area contributed by atoms with Crippen molar-refractivity contribution in [2.75, 3.05) is 34.7 Å². The lowest BCUT2D eigenvalue weighted by molar-refractivity contribution is 0.214. The van der Waals surface area contributed by atoms with Gasteiger partial charge in [-0.1, -0.05) is 6.92 Å². The topological polar surface area (TPSA) is 42.7 Å². The van der Waals surface area contributed by atoms with Gasteiger partial charge in [0.05, 0.1) is 11.5 Å². The van der Waals surface area contributed by atoms with E-state index in [1.165, 1.54) is 0 Å². The van der Waals surface area contributed by atoms with E-state index >= 15 is 0 Å². The Balaban J connectivity index is 0. The molecule has 0 saturated carbocycles. The van der Waals surface area contributed by atoms with Gasteiger partial charge in [-0.15, -0.1) is 12.4 Å². The summed E-state index contributed by atoms with van der Waals surface area (Å²) < 4.78 is 0. The number of aliphatic imine (C=N–C) groups is 1. The summed E-state index contributed by atoms with van der Waals surface area (Å²) in [6.07, 6.45) is 2.93. The van der Waals surface area contributed by atoms with E-state index in [1.54, 1.807) is 0 Å². The van der Waals surface area contributed by atoms with E-state index in [0.29, 0.717) is 6.04 Å². The molecule has 5 heteroatoms. The number of nitrogens with zero attached hydrogens (tertiary/aromatic N) is 3. The summed E-state index contributed by atoms with van der Waals surface area (Å²) in [6, 6.07) is 2.73. The fourth-order valence-electron chi connectivity index (χ4n) is 1.89. The molecule has 0 bridgehead atoms. The molecule has 0 aliphatic carbocycles. The molecule has 2 atom stereocenters. The molecule has 2 unspecified atom stereocenters. The van der Waals surface area contributed by atoms with Crippen molar-refractivity contribution in [1.82, 2.24) is 9.80 Å². The van der Waals surface area contributed by atoms with Gasteiger partial charge in [0.1, 0.15) is 0 Å². The molecule has 0 fully saturated rings. The van der Waals surface area contributed by atoms with Crippen LogP contribution in [0.4, 0.5) is 0 Å². The highest BCUT2D eigenvalue weighted by Gasteiger charge is 2.30. The summed E-state index contributed by atoms with van der Waals surface area (Å²) >= 11 is 0. The van der Waals surface area contributed by atoms with Crippen LogP contribution in [0.2, 0.25) is 0 Å². The third-order valence-corrected chi connectivity index (χ3v) is 3.53. The predicted octanol–water partition coefficient (Wildman–Crippen LogP) is 2.60. The quantitative estimate of drug-likeness (QED) is 0.693.